The molecule has 1 unspecified atom stereocenters. The number of hydrogen-bond acceptors (Lipinski definition) is 7. The van der Waals surface area contributed by atoms with E-state index in [1.54, 1.807) is 0 Å². The topological polar surface area (TPSA) is 188 Å². The second kappa shape index (κ2) is 24.3. The van der Waals surface area contributed by atoms with E-state index in [0.717, 1.165) is 70.6 Å². The van der Waals surface area contributed by atoms with Crippen LogP contribution in [0.15, 0.2) is 18.2 Å². The molecular formula is C36H54F13N4O8S+. The predicted molar refractivity (Wildman–Crippen MR) is 201 cm³/mol. The number of alkyl halides is 13. The van der Waals surface area contributed by atoms with Gasteiger partial charge in [0.1, 0.15) is 12.7 Å². The lowest BCUT2D eigenvalue weighted by molar-refractivity contribution is -0.433. The fourth-order valence-electron chi connectivity index (χ4n) is 5.55. The molecule has 362 valence electrons. The van der Waals surface area contributed by atoms with Crippen molar-refractivity contribution in [1.29, 1.82) is 0 Å². The molecule has 0 spiro atoms. The zero-order valence-electron chi connectivity index (χ0n) is 34.4. The number of halogens is 13. The number of anilines is 2. The highest BCUT2D eigenvalue weighted by molar-refractivity contribution is 7.90. The average Bonchev–Trinajstić information content (AvgIpc) is 3.14. The minimum absolute atomic E-state index is 0. The Labute approximate surface area is 350 Å². The normalized spacial score (nSPS) is 13.6. The van der Waals surface area contributed by atoms with E-state index < -0.39 is 86.9 Å². The van der Waals surface area contributed by atoms with Gasteiger partial charge in [0.25, 0.3) is 10.0 Å². The van der Waals surface area contributed by atoms with Gasteiger partial charge >= 0.3 is 53.3 Å². The van der Waals surface area contributed by atoms with Gasteiger partial charge in [-0.1, -0.05) is 70.8 Å². The van der Waals surface area contributed by atoms with E-state index >= 15 is 0 Å². The number of amides is 2. The summed E-state index contributed by atoms with van der Waals surface area (Å²) >= 11 is 0. The van der Waals surface area contributed by atoms with Gasteiger partial charge in [0.05, 0.1) is 0 Å². The van der Waals surface area contributed by atoms with E-state index in [-0.39, 0.29) is 31.0 Å². The molecule has 2 amide bonds. The van der Waals surface area contributed by atoms with Gasteiger partial charge in [0.2, 0.25) is 0 Å². The van der Waals surface area contributed by atoms with Crippen LogP contribution >= 0.6 is 0 Å². The number of carbonyl (C=O) groups excluding carboxylic acids is 2. The second-order valence-corrected chi connectivity index (χ2v) is 16.3. The van der Waals surface area contributed by atoms with Crippen molar-refractivity contribution in [2.45, 2.75) is 151 Å². The van der Waals surface area contributed by atoms with E-state index in [2.05, 4.69) is 15.4 Å². The molecule has 0 radical (unpaired) electrons. The fourth-order valence-corrected chi connectivity index (χ4v) is 6.71. The molecule has 0 saturated heterocycles. The van der Waals surface area contributed by atoms with Crippen LogP contribution in [0.25, 0.3) is 0 Å². The lowest BCUT2D eigenvalue weighted by atomic mass is 9.98. The molecule has 0 aromatic heterocycles. The largest absolute Gasteiger partial charge is 0.481 e. The van der Waals surface area contributed by atoms with Gasteiger partial charge in [-0.3, -0.25) is 15.4 Å². The highest BCUT2D eigenvalue weighted by Crippen LogP contribution is 2.61. The van der Waals surface area contributed by atoms with Crippen LogP contribution in [0.5, 0.6) is 0 Å². The van der Waals surface area contributed by atoms with E-state index in [1.807, 2.05) is 6.92 Å². The van der Waals surface area contributed by atoms with E-state index in [4.69, 9.17) is 9.84 Å². The van der Waals surface area contributed by atoms with Crippen molar-refractivity contribution in [1.82, 2.24) is 10.5 Å². The highest BCUT2D eigenvalue weighted by Gasteiger charge is 2.92. The quantitative estimate of drug-likeness (QED) is 0.0472. The molecule has 62 heavy (non-hydrogen) atoms. The van der Waals surface area contributed by atoms with E-state index in [9.17, 15) is 79.9 Å². The molecule has 1 aromatic rings. The van der Waals surface area contributed by atoms with Crippen LogP contribution < -0.4 is 16.8 Å². The Hall–Kier alpha value is -3.81. The minimum atomic E-state index is -8.32. The molecular weight excluding hydrogens is 895 g/mol. The number of rotatable bonds is 28. The van der Waals surface area contributed by atoms with Crippen LogP contribution in [-0.2, 0) is 24.3 Å². The molecule has 26 heteroatoms. The Balaban J connectivity index is 0.0000372. The average molecular weight is 950 g/mol. The highest BCUT2D eigenvalue weighted by atomic mass is 32.2. The summed E-state index contributed by atoms with van der Waals surface area (Å²) in [5.41, 5.74) is 0.343. The number of carbonyl (C=O) groups is 3. The first-order chi connectivity index (χ1) is 27.9. The number of unbranched alkanes of at least 4 members (excludes halogenated alkanes) is 10. The summed E-state index contributed by atoms with van der Waals surface area (Å²) in [4.78, 5) is 35.8. The zero-order chi connectivity index (χ0) is 47.1. The maximum Gasteiger partial charge on any atom is 0.460 e. The third-order valence-corrected chi connectivity index (χ3v) is 11.2. The van der Waals surface area contributed by atoms with Crippen molar-refractivity contribution < 1.29 is 94.5 Å². The van der Waals surface area contributed by atoms with Gasteiger partial charge < -0.3 is 20.7 Å². The third-order valence-electron chi connectivity index (χ3n) is 9.32. The van der Waals surface area contributed by atoms with Crippen molar-refractivity contribution in [2.24, 2.45) is 0 Å². The maximum atomic E-state index is 14.4. The smallest absolute Gasteiger partial charge is 0.460 e. The SMILES string of the molecule is CCCCCCC(CCCCCCCCCCC(=O)O)OC(=O)Nc1ccc(C)c(NC(=O)OCCN(C)S(=O)(=O)C(F)(F)C(F)(F)C(F)(F)C(F)(F)C(F)(F)C(F)(F)F)c1.[NH4+]. The standard InChI is InChI=1S/C36H50F13N3O8S.H3N/c1-4-5-6-13-16-26(17-14-11-9-7-8-10-12-15-18-28(53)54)60-30(56)50-25-20-19-24(2)27(23-25)51-29(55)59-22-21-52(3)61(57,58)36(48,49)34(43,44)32(39,40)31(37,38)33(41,42)35(45,46)47;/h19-20,23,26H,4-18,21-22H2,1-3H3,(H,50,56)(H,51,55)(H,53,54);1H3/p+1. The van der Waals surface area contributed by atoms with Crippen molar-refractivity contribution in [2.75, 3.05) is 30.8 Å². The monoisotopic (exact) mass is 949 g/mol. The number of likely N-dealkylation sites (N-methyl/N-ethyl adjacent to an activating group) is 1. The number of hydrogen-bond donors (Lipinski definition) is 4. The Morgan fingerprint density at radius 1 is 0.710 bits per heavy atom. The zero-order valence-corrected chi connectivity index (χ0v) is 35.2. The Morgan fingerprint density at radius 2 is 1.19 bits per heavy atom. The van der Waals surface area contributed by atoms with Crippen LogP contribution in [0.3, 0.4) is 0 Å². The number of ether oxygens (including phenoxy) is 2. The summed E-state index contributed by atoms with van der Waals surface area (Å²) in [5, 5.41) is 5.90. The summed E-state index contributed by atoms with van der Waals surface area (Å²) in [6.45, 7) is 0.568. The van der Waals surface area contributed by atoms with Crippen LogP contribution in [0.1, 0.15) is 109 Å². The van der Waals surface area contributed by atoms with Crippen molar-refractivity contribution >= 4 is 39.6 Å². The number of aliphatic carboxylic acids is 1. The lowest BCUT2D eigenvalue weighted by Crippen LogP contribution is -2.71. The number of sulfonamides is 1. The number of nitrogens with one attached hydrogen (secondary N) is 2. The van der Waals surface area contributed by atoms with Gasteiger partial charge in [0.15, 0.2) is 0 Å². The van der Waals surface area contributed by atoms with Crippen molar-refractivity contribution in [3.8, 4) is 0 Å². The molecule has 1 atom stereocenters. The molecule has 1 rings (SSSR count). The van der Waals surface area contributed by atoms with Crippen molar-refractivity contribution in [3.05, 3.63) is 23.8 Å². The molecule has 0 aliphatic carbocycles. The van der Waals surface area contributed by atoms with Crippen LogP contribution in [0.2, 0.25) is 0 Å². The molecule has 7 N–H and O–H groups in total. The molecule has 0 heterocycles. The van der Waals surface area contributed by atoms with Crippen LogP contribution in [-0.4, -0.2) is 97.4 Å². The van der Waals surface area contributed by atoms with E-state index in [1.165, 1.54) is 25.1 Å². The number of carboxylic acids is 1. The van der Waals surface area contributed by atoms with Gasteiger partial charge in [-0.05, 0) is 56.7 Å². The lowest BCUT2D eigenvalue weighted by Gasteiger charge is -2.39. The molecule has 0 aliphatic rings. The van der Waals surface area contributed by atoms with Gasteiger partial charge in [-0.2, -0.15) is 61.4 Å². The first-order valence-electron chi connectivity index (χ1n) is 19.1. The van der Waals surface area contributed by atoms with Crippen LogP contribution in [0.4, 0.5) is 78.0 Å². The summed E-state index contributed by atoms with van der Waals surface area (Å²) in [6, 6.07) is 4.05. The molecule has 1 aromatic carbocycles. The Bertz CT molecular complexity index is 1690. The summed E-state index contributed by atoms with van der Waals surface area (Å²) in [7, 11) is -7.34. The summed E-state index contributed by atoms with van der Waals surface area (Å²) in [6.07, 6.45) is 1.65. The fraction of sp³-hybridized carbons (Fsp3) is 0.750. The minimum Gasteiger partial charge on any atom is -0.481 e. The first-order valence-corrected chi connectivity index (χ1v) is 20.5. The maximum absolute atomic E-state index is 14.4. The second-order valence-electron chi connectivity index (χ2n) is 14.2. The number of quaternary nitrogens is 1. The number of nitrogens with zero attached hydrogens (tertiary/aromatic N) is 1. The Morgan fingerprint density at radius 3 is 1.69 bits per heavy atom. The number of aryl methyl sites for hydroxylation is 1. The predicted octanol–water partition coefficient (Wildman–Crippen LogP) is 11.8. The van der Waals surface area contributed by atoms with E-state index in [0.29, 0.717) is 24.8 Å². The van der Waals surface area contributed by atoms with Crippen LogP contribution in [0, 0.1) is 6.92 Å². The molecule has 12 nitrogen and oxygen atoms in total. The molecule has 0 fully saturated rings. The van der Waals surface area contributed by atoms with Gasteiger partial charge in [-0.25, -0.2) is 18.0 Å². The first kappa shape index (κ1) is 58.2. The van der Waals surface area contributed by atoms with Gasteiger partial charge in [-0.15, -0.1) is 0 Å². The Kier molecular flexibility index (Phi) is 22.8. The van der Waals surface area contributed by atoms with Gasteiger partial charge in [0, 0.05) is 31.4 Å². The molecule has 0 aliphatic heterocycles. The summed E-state index contributed by atoms with van der Waals surface area (Å²) in [5.74, 6) is -33.6. The summed E-state index contributed by atoms with van der Waals surface area (Å²) < 4.78 is 209. The number of benzene rings is 1. The third kappa shape index (κ3) is 15.2. The molecule has 0 saturated carbocycles. The number of carboxylic acid groups (broad SMARTS) is 1. The molecule has 0 bridgehead atoms. The van der Waals surface area contributed by atoms with Crippen molar-refractivity contribution in [3.63, 3.8) is 0 Å².